The first-order chi connectivity index (χ1) is 25.8. The number of thiazole rings is 1. The summed E-state index contributed by atoms with van der Waals surface area (Å²) in [5.41, 5.74) is 4.65. The quantitative estimate of drug-likeness (QED) is 0.136. The lowest BCUT2D eigenvalue weighted by molar-refractivity contribution is -0.149. The van der Waals surface area contributed by atoms with E-state index in [-0.39, 0.29) is 66.2 Å². The molecule has 290 valence electrons. The summed E-state index contributed by atoms with van der Waals surface area (Å²) in [5, 5.41) is 7.91. The number of ether oxygens (including phenoxy) is 3. The van der Waals surface area contributed by atoms with E-state index in [2.05, 4.69) is 27.8 Å². The van der Waals surface area contributed by atoms with Crippen molar-refractivity contribution >= 4 is 41.2 Å². The van der Waals surface area contributed by atoms with E-state index in [0.717, 1.165) is 22.3 Å². The molecular formula is C41H52N4O8S. The van der Waals surface area contributed by atoms with Crippen LogP contribution in [0, 0.1) is 17.8 Å². The summed E-state index contributed by atoms with van der Waals surface area (Å²) in [7, 11) is 3.07. The molecule has 1 saturated carbocycles. The molecular weight excluding hydrogens is 709 g/mol. The molecule has 0 saturated heterocycles. The van der Waals surface area contributed by atoms with Gasteiger partial charge in [-0.3, -0.25) is 19.2 Å². The highest BCUT2D eigenvalue weighted by molar-refractivity contribution is 7.09. The fourth-order valence-corrected chi connectivity index (χ4v) is 8.44. The first-order valence-corrected chi connectivity index (χ1v) is 19.6. The Morgan fingerprint density at radius 1 is 0.907 bits per heavy atom. The maximum Gasteiger partial charge on any atom is 0.407 e. The van der Waals surface area contributed by atoms with Crippen LogP contribution in [-0.4, -0.2) is 78.6 Å². The molecule has 3 unspecified atom stereocenters. The Hall–Kier alpha value is -4.78. The van der Waals surface area contributed by atoms with Crippen LogP contribution in [0.15, 0.2) is 53.9 Å². The molecule has 3 amide bonds. The first-order valence-electron chi connectivity index (χ1n) is 18.7. The third-order valence-corrected chi connectivity index (χ3v) is 11.5. The largest absolute Gasteiger partial charge is 0.469 e. The van der Waals surface area contributed by atoms with Gasteiger partial charge in [-0.1, -0.05) is 76.2 Å². The first kappa shape index (κ1) is 40.4. The normalized spacial score (nSPS) is 18.2. The van der Waals surface area contributed by atoms with Crippen LogP contribution in [0.1, 0.15) is 105 Å². The van der Waals surface area contributed by atoms with Crippen LogP contribution in [-0.2, 0) is 28.6 Å². The molecule has 3 aromatic rings. The second-order valence-electron chi connectivity index (χ2n) is 14.9. The van der Waals surface area contributed by atoms with Gasteiger partial charge < -0.3 is 29.7 Å². The summed E-state index contributed by atoms with van der Waals surface area (Å²) >= 11 is 1.21. The summed E-state index contributed by atoms with van der Waals surface area (Å²) in [6, 6.07) is 14.8. The molecule has 1 fully saturated rings. The zero-order chi connectivity index (χ0) is 39.1. The molecule has 13 heteroatoms. The number of rotatable bonds is 14. The van der Waals surface area contributed by atoms with E-state index in [0.29, 0.717) is 30.7 Å². The fraction of sp³-hybridized carbons (Fsp3) is 0.512. The van der Waals surface area contributed by atoms with Gasteiger partial charge in [0.2, 0.25) is 5.91 Å². The molecule has 54 heavy (non-hydrogen) atoms. The highest BCUT2D eigenvalue weighted by atomic mass is 32.1. The zero-order valence-electron chi connectivity index (χ0n) is 32.1. The van der Waals surface area contributed by atoms with Crippen molar-refractivity contribution in [1.82, 2.24) is 20.5 Å². The number of likely N-dealkylation sites (N-methyl/N-ethyl adjacent to an activating group) is 1. The highest BCUT2D eigenvalue weighted by Gasteiger charge is 2.36. The van der Waals surface area contributed by atoms with Crippen molar-refractivity contribution in [2.45, 2.75) is 96.9 Å². The Bertz CT molecular complexity index is 1770. The van der Waals surface area contributed by atoms with Crippen molar-refractivity contribution in [2.24, 2.45) is 17.8 Å². The molecule has 1 heterocycles. The molecule has 2 aliphatic rings. The molecule has 0 radical (unpaired) electrons. The molecule has 2 N–H and O–H groups in total. The van der Waals surface area contributed by atoms with Gasteiger partial charge in [-0.05, 0) is 59.8 Å². The molecule has 0 bridgehead atoms. The number of nitrogens with zero attached hydrogens (tertiary/aromatic N) is 2. The van der Waals surface area contributed by atoms with Crippen LogP contribution >= 0.6 is 11.3 Å². The molecule has 2 aromatic carbocycles. The predicted octanol–water partition coefficient (Wildman–Crippen LogP) is 6.65. The monoisotopic (exact) mass is 760 g/mol. The number of methoxy groups -OCH3 is 1. The van der Waals surface area contributed by atoms with Crippen molar-refractivity contribution in [3.05, 3.63) is 75.7 Å². The second kappa shape index (κ2) is 18.0. The van der Waals surface area contributed by atoms with Gasteiger partial charge in [0.25, 0.3) is 5.91 Å². The second-order valence-corrected chi connectivity index (χ2v) is 15.8. The van der Waals surface area contributed by atoms with E-state index in [1.165, 1.54) is 25.4 Å². The van der Waals surface area contributed by atoms with E-state index in [1.807, 2.05) is 64.1 Å². The summed E-state index contributed by atoms with van der Waals surface area (Å²) in [6.07, 6.45) is 1.31. The number of esters is 2. The number of carbonyl (C=O) groups is 5. The third kappa shape index (κ3) is 9.47. The van der Waals surface area contributed by atoms with E-state index in [1.54, 1.807) is 17.3 Å². The number of benzene rings is 2. The summed E-state index contributed by atoms with van der Waals surface area (Å²) in [6.45, 7) is 9.10. The van der Waals surface area contributed by atoms with E-state index in [4.69, 9.17) is 14.2 Å². The smallest absolute Gasteiger partial charge is 0.407 e. The Balaban J connectivity index is 1.22. The number of alkyl carbamates (subject to hydrolysis) is 1. The fourth-order valence-electron chi connectivity index (χ4n) is 7.60. The van der Waals surface area contributed by atoms with Gasteiger partial charge in [-0.2, -0.15) is 0 Å². The topological polar surface area (TPSA) is 153 Å². The predicted molar refractivity (Wildman–Crippen MR) is 205 cm³/mol. The number of amides is 3. The van der Waals surface area contributed by atoms with Gasteiger partial charge in [0.1, 0.15) is 23.4 Å². The van der Waals surface area contributed by atoms with Crippen molar-refractivity contribution < 1.29 is 38.2 Å². The lowest BCUT2D eigenvalue weighted by Crippen LogP contribution is -2.54. The van der Waals surface area contributed by atoms with Gasteiger partial charge in [0, 0.05) is 43.8 Å². The van der Waals surface area contributed by atoms with Crippen LogP contribution in [0.4, 0.5) is 4.79 Å². The average molecular weight is 761 g/mol. The van der Waals surface area contributed by atoms with Gasteiger partial charge in [0.05, 0.1) is 13.0 Å². The lowest BCUT2D eigenvalue weighted by atomic mass is 9.86. The summed E-state index contributed by atoms with van der Waals surface area (Å²) in [5.74, 6) is -1.98. The van der Waals surface area contributed by atoms with Crippen LogP contribution in [0.25, 0.3) is 11.1 Å². The van der Waals surface area contributed by atoms with Gasteiger partial charge >= 0.3 is 18.0 Å². The Labute approximate surface area is 321 Å². The number of nitrogens with one attached hydrogen (secondary N) is 2. The summed E-state index contributed by atoms with van der Waals surface area (Å²) in [4.78, 5) is 70.9. The number of carbonyl (C=O) groups excluding carboxylic acids is 5. The standard InChI is InChI=1S/C41H52N4O8S/c1-23(2)34(20-35(53-25(5)46)38-43-33(22-54-38)37(47)42-27-18-16-26(17-19-27)40(49)51-7)45(6)39(48)36(24(3)4)44-41(50)52-21-32-30-14-10-8-12-28(30)29-13-9-11-15-31(29)32/h8-15,22-24,26-27,32,34-36H,16-21H2,1-7H3,(H,42,47)(H,44,50). The Kier molecular flexibility index (Phi) is 13.5. The van der Waals surface area contributed by atoms with Crippen molar-refractivity contribution in [1.29, 1.82) is 0 Å². The van der Waals surface area contributed by atoms with Crippen LogP contribution in [0.3, 0.4) is 0 Å². The minimum atomic E-state index is -0.878. The van der Waals surface area contributed by atoms with Crippen LogP contribution < -0.4 is 10.6 Å². The molecule has 2 aliphatic carbocycles. The van der Waals surface area contributed by atoms with E-state index in [9.17, 15) is 24.0 Å². The highest BCUT2D eigenvalue weighted by Crippen LogP contribution is 2.44. The van der Waals surface area contributed by atoms with Gasteiger partial charge in [0.15, 0.2) is 6.10 Å². The molecule has 0 spiro atoms. The van der Waals surface area contributed by atoms with Gasteiger partial charge in [-0.25, -0.2) is 9.78 Å². The van der Waals surface area contributed by atoms with Crippen molar-refractivity contribution in [3.63, 3.8) is 0 Å². The molecule has 12 nitrogen and oxygen atoms in total. The average Bonchev–Trinajstić information content (AvgIpc) is 3.77. The minimum Gasteiger partial charge on any atom is -0.469 e. The van der Waals surface area contributed by atoms with Crippen molar-refractivity contribution in [3.8, 4) is 11.1 Å². The van der Waals surface area contributed by atoms with E-state index >= 15 is 0 Å². The SMILES string of the molecule is COC(=O)C1CCC(NC(=O)c2csc(C(CC(C(C)C)N(C)C(=O)C(NC(=O)OCC3c4ccccc4-c4ccccc43)C(C)C)OC(C)=O)n2)CC1. The van der Waals surface area contributed by atoms with Crippen molar-refractivity contribution in [2.75, 3.05) is 20.8 Å². The Morgan fingerprint density at radius 2 is 1.52 bits per heavy atom. The zero-order valence-corrected chi connectivity index (χ0v) is 32.9. The summed E-state index contributed by atoms with van der Waals surface area (Å²) < 4.78 is 16.4. The molecule has 3 atom stereocenters. The third-order valence-electron chi connectivity index (χ3n) is 10.6. The maximum atomic E-state index is 14.1. The molecule has 5 rings (SSSR count). The number of fused-ring (bicyclic) bond motifs is 3. The number of hydrogen-bond donors (Lipinski definition) is 2. The Morgan fingerprint density at radius 3 is 2.07 bits per heavy atom. The molecule has 1 aromatic heterocycles. The van der Waals surface area contributed by atoms with Gasteiger partial charge in [-0.15, -0.1) is 11.3 Å². The van der Waals surface area contributed by atoms with E-state index < -0.39 is 30.3 Å². The lowest BCUT2D eigenvalue weighted by Gasteiger charge is -2.36. The maximum absolute atomic E-state index is 14.1. The number of aromatic nitrogens is 1. The van der Waals surface area contributed by atoms with Crippen LogP contribution in [0.2, 0.25) is 0 Å². The number of hydrogen-bond acceptors (Lipinski definition) is 10. The molecule has 0 aliphatic heterocycles. The minimum absolute atomic E-state index is 0.0675. The van der Waals surface area contributed by atoms with Crippen LogP contribution in [0.5, 0.6) is 0 Å².